The standard InChI is InChI=1S/C26H15N3O3/c30-29-21-14-20-18-6-2-4-8-23(18)32-25(20)11-15(21)12-26(29)28-27-16-9-10-24-19(13-16)17-5-1-3-7-22(17)31-24/h1-14,30H. The van der Waals surface area contributed by atoms with Gasteiger partial charge in [0, 0.05) is 26.9 Å². The molecule has 3 aromatic heterocycles. The highest BCUT2D eigenvalue weighted by Crippen LogP contribution is 2.35. The van der Waals surface area contributed by atoms with E-state index < -0.39 is 0 Å². The maximum atomic E-state index is 10.7. The number of para-hydroxylation sites is 2. The molecule has 0 bridgehead atoms. The normalized spacial score (nSPS) is 12.4. The Morgan fingerprint density at radius 1 is 0.594 bits per heavy atom. The number of aromatic nitrogens is 1. The molecule has 7 rings (SSSR count). The zero-order valence-corrected chi connectivity index (χ0v) is 16.7. The molecule has 6 heteroatoms. The molecule has 6 nitrogen and oxygen atoms in total. The van der Waals surface area contributed by atoms with E-state index in [-0.39, 0.29) is 0 Å². The molecule has 0 aliphatic rings. The Kier molecular flexibility index (Phi) is 3.33. The van der Waals surface area contributed by atoms with Crippen LogP contribution >= 0.6 is 0 Å². The van der Waals surface area contributed by atoms with Crippen LogP contribution in [0.1, 0.15) is 0 Å². The van der Waals surface area contributed by atoms with Crippen molar-refractivity contribution in [3.05, 3.63) is 84.9 Å². The highest BCUT2D eigenvalue weighted by atomic mass is 16.5. The van der Waals surface area contributed by atoms with Crippen LogP contribution in [0.2, 0.25) is 0 Å². The largest absolute Gasteiger partial charge is 0.456 e. The lowest BCUT2D eigenvalue weighted by molar-refractivity contribution is 0.204. The number of azo groups is 1. The number of fused-ring (bicyclic) bond motifs is 7. The van der Waals surface area contributed by atoms with Gasteiger partial charge in [0.1, 0.15) is 22.3 Å². The predicted molar refractivity (Wildman–Crippen MR) is 124 cm³/mol. The molecule has 4 aromatic carbocycles. The Bertz CT molecular complexity index is 1850. The maximum absolute atomic E-state index is 10.7. The smallest absolute Gasteiger partial charge is 0.191 e. The number of hydrogen-bond donors (Lipinski definition) is 1. The second-order valence-corrected chi connectivity index (χ2v) is 7.80. The van der Waals surface area contributed by atoms with E-state index in [0.29, 0.717) is 17.0 Å². The Hall–Kier alpha value is -4.58. The average Bonchev–Trinajstić information content (AvgIpc) is 3.47. The first-order valence-corrected chi connectivity index (χ1v) is 10.2. The van der Waals surface area contributed by atoms with Gasteiger partial charge in [0.15, 0.2) is 5.82 Å². The van der Waals surface area contributed by atoms with Crippen molar-refractivity contribution in [1.82, 2.24) is 4.73 Å². The fraction of sp³-hybridized carbons (Fsp3) is 0. The van der Waals surface area contributed by atoms with E-state index >= 15 is 0 Å². The van der Waals surface area contributed by atoms with Gasteiger partial charge in [0.25, 0.3) is 0 Å². The lowest BCUT2D eigenvalue weighted by Gasteiger charge is -1.97. The Balaban J connectivity index is 1.33. The quantitative estimate of drug-likeness (QED) is 0.228. The van der Waals surface area contributed by atoms with E-state index in [4.69, 9.17) is 8.83 Å². The molecule has 0 unspecified atom stereocenters. The third kappa shape index (κ3) is 2.40. The first-order valence-electron chi connectivity index (χ1n) is 10.2. The highest BCUT2D eigenvalue weighted by Gasteiger charge is 2.13. The van der Waals surface area contributed by atoms with Gasteiger partial charge in [0.2, 0.25) is 0 Å². The van der Waals surface area contributed by atoms with Gasteiger partial charge in [-0.1, -0.05) is 36.4 Å². The topological polar surface area (TPSA) is 76.2 Å². The third-order valence-electron chi connectivity index (χ3n) is 5.88. The number of benzene rings is 4. The summed E-state index contributed by atoms with van der Waals surface area (Å²) in [5.74, 6) is 0.342. The van der Waals surface area contributed by atoms with Gasteiger partial charge in [-0.15, -0.1) is 10.2 Å². The molecule has 32 heavy (non-hydrogen) atoms. The van der Waals surface area contributed by atoms with Crippen molar-refractivity contribution in [2.24, 2.45) is 10.2 Å². The molecule has 3 heterocycles. The van der Waals surface area contributed by atoms with Gasteiger partial charge in [0.05, 0.1) is 11.2 Å². The number of furan rings is 2. The van der Waals surface area contributed by atoms with Gasteiger partial charge < -0.3 is 14.0 Å². The van der Waals surface area contributed by atoms with E-state index in [0.717, 1.165) is 54.0 Å². The molecule has 0 saturated carbocycles. The molecule has 0 aliphatic carbocycles. The van der Waals surface area contributed by atoms with Crippen LogP contribution in [-0.2, 0) is 0 Å². The summed E-state index contributed by atoms with van der Waals surface area (Å²) >= 11 is 0. The van der Waals surface area contributed by atoms with Crippen LogP contribution < -0.4 is 0 Å². The fourth-order valence-corrected chi connectivity index (χ4v) is 4.35. The minimum Gasteiger partial charge on any atom is -0.456 e. The summed E-state index contributed by atoms with van der Waals surface area (Å²) < 4.78 is 12.9. The molecule has 0 spiro atoms. The van der Waals surface area contributed by atoms with E-state index in [1.165, 1.54) is 0 Å². The van der Waals surface area contributed by atoms with E-state index in [2.05, 4.69) is 10.2 Å². The number of hydrogen-bond acceptors (Lipinski definition) is 5. The third-order valence-corrected chi connectivity index (χ3v) is 5.88. The lowest BCUT2D eigenvalue weighted by atomic mass is 10.1. The van der Waals surface area contributed by atoms with E-state index in [9.17, 15) is 5.21 Å². The molecule has 7 aromatic rings. The molecule has 0 amide bonds. The van der Waals surface area contributed by atoms with Crippen molar-refractivity contribution >= 4 is 66.3 Å². The number of rotatable bonds is 2. The van der Waals surface area contributed by atoms with Gasteiger partial charge in [-0.05, 0) is 48.5 Å². The summed E-state index contributed by atoms with van der Waals surface area (Å²) in [6.07, 6.45) is 0. The van der Waals surface area contributed by atoms with Crippen molar-refractivity contribution < 1.29 is 14.0 Å². The maximum Gasteiger partial charge on any atom is 0.191 e. The van der Waals surface area contributed by atoms with Crippen LogP contribution in [0.3, 0.4) is 0 Å². The van der Waals surface area contributed by atoms with Crippen molar-refractivity contribution in [2.75, 3.05) is 0 Å². The summed E-state index contributed by atoms with van der Waals surface area (Å²) in [6, 6.07) is 27.0. The average molecular weight is 417 g/mol. The van der Waals surface area contributed by atoms with Crippen molar-refractivity contribution in [3.63, 3.8) is 0 Å². The first kappa shape index (κ1) is 17.1. The van der Waals surface area contributed by atoms with Crippen molar-refractivity contribution in [1.29, 1.82) is 0 Å². The Morgan fingerprint density at radius 3 is 2.03 bits per heavy atom. The van der Waals surface area contributed by atoms with Crippen LogP contribution in [0.25, 0.3) is 54.8 Å². The van der Waals surface area contributed by atoms with Crippen LogP contribution in [0, 0.1) is 0 Å². The summed E-state index contributed by atoms with van der Waals surface area (Å²) in [7, 11) is 0. The van der Waals surface area contributed by atoms with Crippen LogP contribution in [0.4, 0.5) is 11.5 Å². The summed E-state index contributed by atoms with van der Waals surface area (Å²) in [4.78, 5) is 0. The fourth-order valence-electron chi connectivity index (χ4n) is 4.35. The van der Waals surface area contributed by atoms with Crippen LogP contribution in [-0.4, -0.2) is 9.94 Å². The highest BCUT2D eigenvalue weighted by molar-refractivity contribution is 6.10. The van der Waals surface area contributed by atoms with E-state index in [1.807, 2.05) is 78.9 Å². The molecular weight excluding hydrogens is 402 g/mol. The Labute approximate surface area is 180 Å². The molecule has 0 fully saturated rings. The first-order chi connectivity index (χ1) is 15.7. The SMILES string of the molecule is On1c(N=Nc2ccc3oc4ccccc4c3c2)cc2cc3oc4ccccc4c3cc21. The van der Waals surface area contributed by atoms with Gasteiger partial charge in [-0.3, -0.25) is 0 Å². The molecule has 1 N–H and O–H groups in total. The van der Waals surface area contributed by atoms with Crippen molar-refractivity contribution in [3.8, 4) is 0 Å². The second kappa shape index (κ2) is 6.21. The molecule has 0 radical (unpaired) electrons. The molecule has 0 atom stereocenters. The predicted octanol–water partition coefficient (Wildman–Crippen LogP) is 8.09. The summed E-state index contributed by atoms with van der Waals surface area (Å²) in [6.45, 7) is 0. The zero-order valence-electron chi connectivity index (χ0n) is 16.7. The summed E-state index contributed by atoms with van der Waals surface area (Å²) in [5, 5.41) is 24.2. The van der Waals surface area contributed by atoms with Crippen LogP contribution in [0.5, 0.6) is 0 Å². The minimum atomic E-state index is 0.342. The monoisotopic (exact) mass is 417 g/mol. The molecule has 152 valence electrons. The van der Waals surface area contributed by atoms with Gasteiger partial charge in [-0.2, -0.15) is 4.73 Å². The van der Waals surface area contributed by atoms with Crippen LogP contribution in [0.15, 0.2) is 104 Å². The minimum absolute atomic E-state index is 0.342. The zero-order chi connectivity index (χ0) is 21.2. The molecule has 0 aliphatic heterocycles. The Morgan fingerprint density at radius 2 is 1.25 bits per heavy atom. The molecular formula is C26H15N3O3. The lowest BCUT2D eigenvalue weighted by Crippen LogP contribution is -1.87. The van der Waals surface area contributed by atoms with Gasteiger partial charge in [-0.25, -0.2) is 0 Å². The number of nitrogens with zero attached hydrogens (tertiary/aromatic N) is 3. The van der Waals surface area contributed by atoms with Gasteiger partial charge >= 0.3 is 0 Å². The summed E-state index contributed by atoms with van der Waals surface area (Å²) in [5.41, 5.74) is 4.55. The van der Waals surface area contributed by atoms with Crippen molar-refractivity contribution in [2.45, 2.75) is 0 Å². The molecule has 0 saturated heterocycles. The van der Waals surface area contributed by atoms with E-state index in [1.54, 1.807) is 6.07 Å². The second-order valence-electron chi connectivity index (χ2n) is 7.80.